The van der Waals surface area contributed by atoms with Gasteiger partial charge in [-0.3, -0.25) is 9.36 Å². The van der Waals surface area contributed by atoms with Crippen molar-refractivity contribution in [3.63, 3.8) is 0 Å². The van der Waals surface area contributed by atoms with E-state index in [-0.39, 0.29) is 17.6 Å². The van der Waals surface area contributed by atoms with Crippen molar-refractivity contribution in [3.05, 3.63) is 58.6 Å². The van der Waals surface area contributed by atoms with E-state index in [2.05, 4.69) is 16.7 Å². The van der Waals surface area contributed by atoms with Gasteiger partial charge in [0.2, 0.25) is 5.91 Å². The van der Waals surface area contributed by atoms with Crippen LogP contribution in [-0.2, 0) is 18.3 Å². The zero-order valence-corrected chi connectivity index (χ0v) is 21.2. The highest BCUT2D eigenvalue weighted by Gasteiger charge is 2.30. The number of fused-ring (bicyclic) bond motifs is 1. The Morgan fingerprint density at radius 1 is 1.24 bits per heavy atom. The summed E-state index contributed by atoms with van der Waals surface area (Å²) in [5.41, 5.74) is 4.30. The molecule has 0 radical (unpaired) electrons. The predicted octanol–water partition coefficient (Wildman–Crippen LogP) is 1.82. The van der Waals surface area contributed by atoms with Crippen molar-refractivity contribution in [1.29, 1.82) is 5.26 Å². The monoisotopic (exact) mass is 462 g/mol. The quantitative estimate of drug-likeness (QED) is 0.564. The summed E-state index contributed by atoms with van der Waals surface area (Å²) >= 11 is 0. The highest BCUT2D eigenvalue weighted by molar-refractivity contribution is 6.19. The molecule has 1 aliphatic heterocycles. The summed E-state index contributed by atoms with van der Waals surface area (Å²) < 4.78 is 6.70. The first-order valence-electron chi connectivity index (χ1n) is 11.5. The summed E-state index contributed by atoms with van der Waals surface area (Å²) in [6, 6.07) is 16.1. The van der Waals surface area contributed by atoms with E-state index in [9.17, 15) is 14.9 Å². The van der Waals surface area contributed by atoms with E-state index in [1.165, 1.54) is 4.57 Å². The Labute approximate surface area is 196 Å². The molecule has 0 saturated carbocycles. The van der Waals surface area contributed by atoms with Gasteiger partial charge < -0.3 is 15.1 Å². The molecular formula is C25H30N4O3Si. The summed E-state index contributed by atoms with van der Waals surface area (Å²) in [6.45, 7) is 1.63. The first-order chi connectivity index (χ1) is 15.9. The molecule has 0 spiro atoms. The Balaban J connectivity index is 1.46. The lowest BCUT2D eigenvalue weighted by Gasteiger charge is -2.28. The van der Waals surface area contributed by atoms with Crippen LogP contribution in [-0.4, -0.2) is 39.0 Å². The first kappa shape index (κ1) is 23.0. The van der Waals surface area contributed by atoms with Gasteiger partial charge in [-0.15, -0.1) is 0 Å². The number of amides is 1. The second kappa shape index (κ2) is 9.77. The van der Waals surface area contributed by atoms with Crippen LogP contribution in [0.15, 0.2) is 51.7 Å². The molecular weight excluding hydrogens is 432 g/mol. The van der Waals surface area contributed by atoms with E-state index in [0.29, 0.717) is 28.8 Å². The Kier molecular flexibility index (Phi) is 6.82. The molecule has 7 nitrogen and oxygen atoms in total. The molecule has 1 saturated heterocycles. The number of hydrogen-bond donors (Lipinski definition) is 2. The molecule has 2 aromatic carbocycles. The van der Waals surface area contributed by atoms with Crippen molar-refractivity contribution in [3.8, 4) is 17.2 Å². The molecule has 0 bridgehead atoms. The number of hydrogen-bond acceptors (Lipinski definition) is 5. The van der Waals surface area contributed by atoms with E-state index in [1.54, 1.807) is 13.1 Å². The van der Waals surface area contributed by atoms with Crippen LogP contribution >= 0.6 is 0 Å². The van der Waals surface area contributed by atoms with Gasteiger partial charge in [0.05, 0.1) is 27.7 Å². The van der Waals surface area contributed by atoms with E-state index >= 15 is 0 Å². The van der Waals surface area contributed by atoms with Crippen molar-refractivity contribution in [2.24, 2.45) is 13.0 Å². The maximum absolute atomic E-state index is 12.9. The Morgan fingerprint density at radius 2 is 2.00 bits per heavy atom. The highest BCUT2D eigenvalue weighted by Crippen LogP contribution is 2.25. The minimum absolute atomic E-state index is 0.0170. The zero-order valence-electron chi connectivity index (χ0n) is 19.2. The molecule has 1 fully saturated rings. The summed E-state index contributed by atoms with van der Waals surface area (Å²) in [5.74, 6) is -0.477. The second-order valence-corrected chi connectivity index (χ2v) is 10.9. The third-order valence-corrected chi connectivity index (χ3v) is 7.28. The molecule has 8 heteroatoms. The topological polar surface area (TPSA) is 100 Å². The molecule has 33 heavy (non-hydrogen) atoms. The number of carbonyl (C=O) groups excluding carboxylic acids is 1. The number of aromatic nitrogens is 1. The summed E-state index contributed by atoms with van der Waals surface area (Å²) in [6.07, 6.45) is 4.69. The average molecular weight is 463 g/mol. The fourth-order valence-electron chi connectivity index (χ4n) is 4.43. The van der Waals surface area contributed by atoms with E-state index < -0.39 is 5.16 Å². The minimum Gasteiger partial charge on any atom is -0.408 e. The molecule has 3 aromatic rings. The molecule has 1 aliphatic rings. The molecule has 1 unspecified atom stereocenters. The van der Waals surface area contributed by atoms with Crippen LogP contribution < -0.4 is 16.4 Å². The van der Waals surface area contributed by atoms with Gasteiger partial charge in [0.15, 0.2) is 5.58 Å². The van der Waals surface area contributed by atoms with Gasteiger partial charge in [-0.2, -0.15) is 5.26 Å². The van der Waals surface area contributed by atoms with Crippen molar-refractivity contribution >= 4 is 27.2 Å². The third-order valence-electron chi connectivity index (χ3n) is 6.45. The van der Waals surface area contributed by atoms with Gasteiger partial charge in [0.25, 0.3) is 0 Å². The molecule has 1 amide bonds. The van der Waals surface area contributed by atoms with Crippen LogP contribution in [0.25, 0.3) is 22.2 Å². The van der Waals surface area contributed by atoms with Crippen LogP contribution in [0, 0.1) is 17.2 Å². The average Bonchev–Trinajstić information content (AvgIpc) is 3.07. The van der Waals surface area contributed by atoms with Crippen LogP contribution in [0.1, 0.15) is 31.2 Å². The molecule has 2 N–H and O–H groups in total. The van der Waals surface area contributed by atoms with Gasteiger partial charge in [-0.25, -0.2) is 4.79 Å². The number of aryl methyl sites for hydroxylation is 1. The molecule has 0 aliphatic carbocycles. The van der Waals surface area contributed by atoms with Crippen LogP contribution in [0.3, 0.4) is 0 Å². The van der Waals surface area contributed by atoms with Gasteiger partial charge in [-0.1, -0.05) is 43.2 Å². The lowest BCUT2D eigenvalue weighted by molar-refractivity contribution is -0.125. The minimum atomic E-state index is -0.838. The number of nitriles is 1. The van der Waals surface area contributed by atoms with Crippen LogP contribution in [0.4, 0.5) is 0 Å². The van der Waals surface area contributed by atoms with Crippen molar-refractivity contribution in [2.75, 3.05) is 13.1 Å². The van der Waals surface area contributed by atoms with Gasteiger partial charge in [-0.05, 0) is 48.2 Å². The van der Waals surface area contributed by atoms with E-state index in [1.807, 2.05) is 36.4 Å². The predicted molar refractivity (Wildman–Crippen MR) is 132 cm³/mol. The van der Waals surface area contributed by atoms with Crippen molar-refractivity contribution < 1.29 is 9.21 Å². The Morgan fingerprint density at radius 3 is 2.76 bits per heavy atom. The zero-order chi connectivity index (χ0) is 23.4. The normalized spacial score (nSPS) is 18.7. The highest BCUT2D eigenvalue weighted by atomic mass is 28.1. The number of benzene rings is 2. The van der Waals surface area contributed by atoms with Crippen molar-refractivity contribution in [1.82, 2.24) is 15.2 Å². The summed E-state index contributed by atoms with van der Waals surface area (Å²) in [7, 11) is 2.22. The lowest BCUT2D eigenvalue weighted by atomic mass is 9.96. The van der Waals surface area contributed by atoms with Gasteiger partial charge in [0, 0.05) is 20.0 Å². The summed E-state index contributed by atoms with van der Waals surface area (Å²) in [5, 5.41) is 15.5. The molecule has 4 rings (SSSR count). The number of rotatable bonds is 5. The number of nitrogens with one attached hydrogen (secondary N) is 2. The maximum atomic E-state index is 12.9. The van der Waals surface area contributed by atoms with Gasteiger partial charge in [0.1, 0.15) is 5.16 Å². The van der Waals surface area contributed by atoms with Crippen molar-refractivity contribution in [2.45, 2.75) is 37.3 Å². The number of nitrogens with zero attached hydrogens (tertiary/aromatic N) is 2. The lowest BCUT2D eigenvalue weighted by Crippen LogP contribution is -2.53. The molecule has 2 heterocycles. The number of carbonyl (C=O) groups is 1. The largest absolute Gasteiger partial charge is 0.419 e. The maximum Gasteiger partial charge on any atom is 0.419 e. The fourth-order valence-corrected chi connectivity index (χ4v) is 5.09. The Hall–Kier alpha value is -3.15. The number of oxazole rings is 1. The first-order valence-corrected chi connectivity index (χ1v) is 12.5. The van der Waals surface area contributed by atoms with Crippen LogP contribution in [0.2, 0.25) is 0 Å². The second-order valence-electron chi connectivity index (χ2n) is 9.17. The summed E-state index contributed by atoms with van der Waals surface area (Å²) in [4.78, 5) is 24.6. The SMILES string of the molecule is Cn1c(=O)oc2ccc(-c3ccc(C[C@]([SiH3])(C#N)NC(=O)C4CCCCCNC4)cc3)cc21. The van der Waals surface area contributed by atoms with Crippen LogP contribution in [0.5, 0.6) is 0 Å². The molecule has 172 valence electrons. The fraction of sp³-hybridized carbons (Fsp3) is 0.400. The molecule has 1 aromatic heterocycles. The smallest absolute Gasteiger partial charge is 0.408 e. The van der Waals surface area contributed by atoms with Gasteiger partial charge >= 0.3 is 5.76 Å². The Bertz CT molecular complexity index is 1230. The van der Waals surface area contributed by atoms with E-state index in [4.69, 9.17) is 4.42 Å². The third kappa shape index (κ3) is 5.26. The standard InChI is InChI=1S/C25H30N4O3Si/c1-29-21-13-19(10-11-22(21)32-24(29)31)18-8-6-17(7-9-18)14-25(33,16-26)28-23(30)20-5-3-2-4-12-27-15-20/h6-11,13,20,27H,2-5,12,14-15H2,1,33H3,(H,28,30)/t20?,25-/m0/s1. The van der Waals surface area contributed by atoms with E-state index in [0.717, 1.165) is 54.4 Å². The molecule has 2 atom stereocenters.